The van der Waals surface area contributed by atoms with Crippen LogP contribution in [0.1, 0.15) is 29.6 Å². The van der Waals surface area contributed by atoms with Crippen molar-refractivity contribution in [3.05, 3.63) is 22.2 Å². The molecule has 0 aromatic heterocycles. The zero-order chi connectivity index (χ0) is 13.8. The predicted molar refractivity (Wildman–Crippen MR) is 78.1 cm³/mol. The monoisotopic (exact) mass is 327 g/mol. The van der Waals surface area contributed by atoms with Crippen LogP contribution >= 0.6 is 15.9 Å². The van der Waals surface area contributed by atoms with Crippen LogP contribution in [0.15, 0.2) is 16.6 Å². The van der Waals surface area contributed by atoms with Gasteiger partial charge in [-0.2, -0.15) is 0 Å². The van der Waals surface area contributed by atoms with Crippen LogP contribution < -0.4 is 9.64 Å². The molecule has 0 bridgehead atoms. The number of rotatable bonds is 3. The number of hydrogen-bond donors (Lipinski definition) is 0. The fourth-order valence-corrected chi connectivity index (χ4v) is 2.95. The lowest BCUT2D eigenvalue weighted by atomic mass is 10.1. The number of carbonyl (C=O) groups is 1. The smallest absolute Gasteiger partial charge is 0.341 e. The van der Waals surface area contributed by atoms with Gasteiger partial charge in [-0.05, 0) is 41.3 Å². The molecule has 1 aromatic rings. The minimum atomic E-state index is -0.386. The maximum atomic E-state index is 11.7. The van der Waals surface area contributed by atoms with E-state index >= 15 is 0 Å². The van der Waals surface area contributed by atoms with Gasteiger partial charge in [0, 0.05) is 23.6 Å². The SMILES string of the molecule is COC(=O)c1cc(Br)c(N2CCCCC2)cc1OC. The van der Waals surface area contributed by atoms with E-state index in [2.05, 4.69) is 20.8 Å². The Morgan fingerprint density at radius 1 is 1.21 bits per heavy atom. The minimum absolute atomic E-state index is 0.386. The van der Waals surface area contributed by atoms with Crippen molar-refractivity contribution in [2.24, 2.45) is 0 Å². The van der Waals surface area contributed by atoms with E-state index in [-0.39, 0.29) is 5.97 Å². The third kappa shape index (κ3) is 3.03. The maximum absolute atomic E-state index is 11.7. The summed E-state index contributed by atoms with van der Waals surface area (Å²) in [6.07, 6.45) is 3.69. The van der Waals surface area contributed by atoms with Crippen molar-refractivity contribution in [3.8, 4) is 5.75 Å². The zero-order valence-electron chi connectivity index (χ0n) is 11.2. The van der Waals surface area contributed by atoms with E-state index < -0.39 is 0 Å². The molecule has 2 rings (SSSR count). The van der Waals surface area contributed by atoms with Gasteiger partial charge in [0.25, 0.3) is 0 Å². The van der Waals surface area contributed by atoms with Gasteiger partial charge in [-0.15, -0.1) is 0 Å². The van der Waals surface area contributed by atoms with E-state index in [4.69, 9.17) is 9.47 Å². The highest BCUT2D eigenvalue weighted by Crippen LogP contribution is 2.35. The molecule has 1 heterocycles. The van der Waals surface area contributed by atoms with E-state index in [9.17, 15) is 4.79 Å². The van der Waals surface area contributed by atoms with Gasteiger partial charge in [0.2, 0.25) is 0 Å². The number of hydrogen-bond acceptors (Lipinski definition) is 4. The van der Waals surface area contributed by atoms with Gasteiger partial charge >= 0.3 is 5.97 Å². The Balaban J connectivity index is 2.37. The second-order valence-electron chi connectivity index (χ2n) is 4.54. The van der Waals surface area contributed by atoms with Crippen molar-refractivity contribution in [2.45, 2.75) is 19.3 Å². The summed E-state index contributed by atoms with van der Waals surface area (Å²) < 4.78 is 11.0. The second-order valence-corrected chi connectivity index (χ2v) is 5.40. The van der Waals surface area contributed by atoms with E-state index in [1.165, 1.54) is 26.4 Å². The van der Waals surface area contributed by atoms with Crippen LogP contribution in [0.25, 0.3) is 0 Å². The van der Waals surface area contributed by atoms with E-state index in [0.29, 0.717) is 11.3 Å². The molecule has 0 saturated carbocycles. The maximum Gasteiger partial charge on any atom is 0.341 e. The highest BCUT2D eigenvalue weighted by molar-refractivity contribution is 9.10. The lowest BCUT2D eigenvalue weighted by Gasteiger charge is -2.30. The second kappa shape index (κ2) is 6.28. The highest BCUT2D eigenvalue weighted by atomic mass is 79.9. The number of carbonyl (C=O) groups excluding carboxylic acids is 1. The summed E-state index contributed by atoms with van der Waals surface area (Å²) in [6.45, 7) is 2.08. The largest absolute Gasteiger partial charge is 0.496 e. The first-order valence-electron chi connectivity index (χ1n) is 6.38. The molecule has 0 unspecified atom stereocenters. The molecule has 19 heavy (non-hydrogen) atoms. The van der Waals surface area contributed by atoms with Crippen molar-refractivity contribution < 1.29 is 14.3 Å². The van der Waals surface area contributed by atoms with Crippen LogP contribution in [-0.2, 0) is 4.74 Å². The van der Waals surface area contributed by atoms with Gasteiger partial charge < -0.3 is 14.4 Å². The van der Waals surface area contributed by atoms with Crippen LogP contribution in [0.2, 0.25) is 0 Å². The molecule has 1 saturated heterocycles. The van der Waals surface area contributed by atoms with Gasteiger partial charge in [-0.3, -0.25) is 0 Å². The number of nitrogens with zero attached hydrogens (tertiary/aromatic N) is 1. The van der Waals surface area contributed by atoms with Gasteiger partial charge in [0.1, 0.15) is 11.3 Å². The van der Waals surface area contributed by atoms with Crippen LogP contribution in [0.4, 0.5) is 5.69 Å². The van der Waals surface area contributed by atoms with Gasteiger partial charge in [0.05, 0.1) is 19.9 Å². The fourth-order valence-electron chi connectivity index (χ4n) is 2.36. The number of ether oxygens (including phenoxy) is 2. The van der Waals surface area contributed by atoms with Crippen molar-refractivity contribution in [3.63, 3.8) is 0 Å². The Labute approximate surface area is 121 Å². The summed E-state index contributed by atoms with van der Waals surface area (Å²) in [5, 5.41) is 0. The van der Waals surface area contributed by atoms with Crippen LogP contribution in [0.5, 0.6) is 5.75 Å². The molecular weight excluding hydrogens is 310 g/mol. The average Bonchev–Trinajstić information content (AvgIpc) is 2.47. The van der Waals surface area contributed by atoms with E-state index in [1.807, 2.05) is 6.07 Å². The molecule has 1 fully saturated rings. The lowest BCUT2D eigenvalue weighted by Crippen LogP contribution is -2.29. The summed E-state index contributed by atoms with van der Waals surface area (Å²) in [4.78, 5) is 14.0. The predicted octanol–water partition coefficient (Wildman–Crippen LogP) is 3.23. The third-order valence-corrected chi connectivity index (χ3v) is 4.01. The molecule has 0 radical (unpaired) electrons. The number of methoxy groups -OCH3 is 2. The quantitative estimate of drug-likeness (QED) is 0.799. The van der Waals surface area contributed by atoms with E-state index in [1.54, 1.807) is 13.2 Å². The molecule has 1 aliphatic heterocycles. The molecular formula is C14H18BrNO3. The summed E-state index contributed by atoms with van der Waals surface area (Å²) >= 11 is 3.54. The molecule has 0 atom stereocenters. The first-order chi connectivity index (χ1) is 9.17. The first kappa shape index (κ1) is 14.2. The zero-order valence-corrected chi connectivity index (χ0v) is 12.8. The van der Waals surface area contributed by atoms with E-state index in [0.717, 1.165) is 23.2 Å². The summed E-state index contributed by atoms with van der Waals surface area (Å²) in [5.41, 5.74) is 1.52. The third-order valence-electron chi connectivity index (χ3n) is 3.37. The molecule has 0 N–H and O–H groups in total. The Morgan fingerprint density at radius 2 is 1.89 bits per heavy atom. The topological polar surface area (TPSA) is 38.8 Å². The minimum Gasteiger partial charge on any atom is -0.496 e. The number of piperidine rings is 1. The van der Waals surface area contributed by atoms with Crippen molar-refractivity contribution >= 4 is 27.6 Å². The average molecular weight is 328 g/mol. The molecule has 4 nitrogen and oxygen atoms in total. The number of benzene rings is 1. The van der Waals surface area contributed by atoms with Gasteiger partial charge in [-0.1, -0.05) is 0 Å². The summed E-state index contributed by atoms with van der Waals surface area (Å²) in [5.74, 6) is 0.165. The first-order valence-corrected chi connectivity index (χ1v) is 7.17. The number of esters is 1. The molecule has 5 heteroatoms. The fraction of sp³-hybridized carbons (Fsp3) is 0.500. The molecule has 1 aromatic carbocycles. The normalized spacial score (nSPS) is 15.2. The summed E-state index contributed by atoms with van der Waals surface area (Å²) in [6, 6.07) is 3.68. The van der Waals surface area contributed by atoms with Crippen LogP contribution in [0, 0.1) is 0 Å². The molecule has 0 spiro atoms. The number of anilines is 1. The van der Waals surface area contributed by atoms with Crippen LogP contribution in [0.3, 0.4) is 0 Å². The highest BCUT2D eigenvalue weighted by Gasteiger charge is 2.20. The Kier molecular flexibility index (Phi) is 4.69. The standard InChI is InChI=1S/C14H18BrNO3/c1-18-13-9-12(16-6-4-3-5-7-16)11(15)8-10(13)14(17)19-2/h8-9H,3-7H2,1-2H3. The Bertz CT molecular complexity index is 470. The Morgan fingerprint density at radius 3 is 2.47 bits per heavy atom. The molecule has 1 aliphatic rings. The van der Waals surface area contributed by atoms with Crippen molar-refractivity contribution in [1.29, 1.82) is 0 Å². The summed E-state index contributed by atoms with van der Waals surface area (Å²) in [7, 11) is 2.93. The van der Waals surface area contributed by atoms with Gasteiger partial charge in [0.15, 0.2) is 0 Å². The molecule has 104 valence electrons. The Hall–Kier alpha value is -1.23. The molecule has 0 aliphatic carbocycles. The lowest BCUT2D eigenvalue weighted by molar-refractivity contribution is 0.0597. The number of halogens is 1. The van der Waals surface area contributed by atoms with Gasteiger partial charge in [-0.25, -0.2) is 4.79 Å². The molecule has 0 amide bonds. The van der Waals surface area contributed by atoms with Crippen molar-refractivity contribution in [1.82, 2.24) is 0 Å². The van der Waals surface area contributed by atoms with Crippen LogP contribution in [-0.4, -0.2) is 33.3 Å². The van der Waals surface area contributed by atoms with Crippen molar-refractivity contribution in [2.75, 3.05) is 32.2 Å².